The first-order chi connectivity index (χ1) is 24.7. The Hall–Kier alpha value is -0.860. The van der Waals surface area contributed by atoms with Gasteiger partial charge in [0.25, 0.3) is 0 Å². The molecule has 4 aliphatic rings. The van der Waals surface area contributed by atoms with Gasteiger partial charge < -0.3 is 9.47 Å². The smallest absolute Gasteiger partial charge is 0.0575 e. The number of aryl methyl sites for hydroxylation is 2. The Balaban J connectivity index is 0.890. The zero-order valence-corrected chi connectivity index (χ0v) is 33.4. The topological polar surface area (TPSA) is 18.5 Å². The van der Waals surface area contributed by atoms with E-state index in [1.807, 2.05) is 0 Å². The number of benzene rings is 1. The Morgan fingerprint density at radius 1 is 0.440 bits per heavy atom. The lowest BCUT2D eigenvalue weighted by Crippen LogP contribution is -2.29. The number of rotatable bonds is 22. The van der Waals surface area contributed by atoms with Gasteiger partial charge in [-0.3, -0.25) is 0 Å². The molecule has 0 spiro atoms. The number of unbranched alkanes of at least 4 members (excludes halogenated alkanes) is 8. The monoisotopic (exact) mass is 691 g/mol. The van der Waals surface area contributed by atoms with E-state index in [1.54, 1.807) is 11.1 Å². The van der Waals surface area contributed by atoms with Crippen molar-refractivity contribution in [1.82, 2.24) is 0 Å². The van der Waals surface area contributed by atoms with Gasteiger partial charge in [0.15, 0.2) is 0 Å². The third-order valence-corrected chi connectivity index (χ3v) is 14.4. The minimum Gasteiger partial charge on any atom is -0.378 e. The van der Waals surface area contributed by atoms with Crippen LogP contribution < -0.4 is 0 Å². The Morgan fingerprint density at radius 3 is 1.18 bits per heavy atom. The lowest BCUT2D eigenvalue weighted by molar-refractivity contribution is 0.00521. The molecule has 4 fully saturated rings. The van der Waals surface area contributed by atoms with Gasteiger partial charge in [-0.05, 0) is 162 Å². The normalized spacial score (nSPS) is 30.8. The molecule has 0 heterocycles. The van der Waals surface area contributed by atoms with Crippen molar-refractivity contribution < 1.29 is 9.47 Å². The van der Waals surface area contributed by atoms with E-state index in [-0.39, 0.29) is 0 Å². The van der Waals surface area contributed by atoms with Crippen molar-refractivity contribution in [2.45, 2.75) is 219 Å². The molecule has 2 nitrogen and oxygen atoms in total. The molecular formula is C48H82O2. The van der Waals surface area contributed by atoms with Crippen LogP contribution in [0.2, 0.25) is 0 Å². The minimum atomic E-state index is 0.565. The summed E-state index contributed by atoms with van der Waals surface area (Å²) in [6, 6.07) is 9.77. The Labute approximate surface area is 311 Å². The first-order valence-electron chi connectivity index (χ1n) is 23.0. The van der Waals surface area contributed by atoms with Crippen LogP contribution in [-0.4, -0.2) is 25.4 Å². The highest BCUT2D eigenvalue weighted by molar-refractivity contribution is 5.24. The molecule has 0 aliphatic heterocycles. The van der Waals surface area contributed by atoms with Crippen LogP contribution >= 0.6 is 0 Å². The van der Waals surface area contributed by atoms with Crippen molar-refractivity contribution >= 4 is 0 Å². The molecule has 0 unspecified atom stereocenters. The van der Waals surface area contributed by atoms with Crippen molar-refractivity contribution in [1.29, 1.82) is 0 Å². The van der Waals surface area contributed by atoms with E-state index in [2.05, 4.69) is 38.1 Å². The summed E-state index contributed by atoms with van der Waals surface area (Å²) in [7, 11) is 0. The Bertz CT molecular complexity index is 896. The van der Waals surface area contributed by atoms with Crippen molar-refractivity contribution in [2.24, 2.45) is 35.5 Å². The Morgan fingerprint density at radius 2 is 0.800 bits per heavy atom. The summed E-state index contributed by atoms with van der Waals surface area (Å²) < 4.78 is 12.6. The molecule has 2 heteroatoms. The molecule has 286 valence electrons. The van der Waals surface area contributed by atoms with Gasteiger partial charge >= 0.3 is 0 Å². The first-order valence-corrected chi connectivity index (χ1v) is 23.0. The molecule has 4 saturated carbocycles. The highest BCUT2D eigenvalue weighted by Gasteiger charge is 2.32. The second kappa shape index (κ2) is 23.7. The molecule has 1 aromatic rings. The van der Waals surface area contributed by atoms with Crippen LogP contribution in [0.3, 0.4) is 0 Å². The third-order valence-electron chi connectivity index (χ3n) is 14.4. The van der Waals surface area contributed by atoms with Crippen LogP contribution in [0.25, 0.3) is 0 Å². The van der Waals surface area contributed by atoms with Crippen molar-refractivity contribution in [3.63, 3.8) is 0 Å². The molecule has 0 aromatic heterocycles. The maximum absolute atomic E-state index is 6.29. The molecular weight excluding hydrogens is 609 g/mol. The van der Waals surface area contributed by atoms with E-state index in [4.69, 9.17) is 9.47 Å². The summed E-state index contributed by atoms with van der Waals surface area (Å²) in [5, 5.41) is 0. The van der Waals surface area contributed by atoms with Crippen LogP contribution in [-0.2, 0) is 22.3 Å². The molecule has 50 heavy (non-hydrogen) atoms. The molecule has 0 atom stereocenters. The quantitative estimate of drug-likeness (QED) is 0.113. The van der Waals surface area contributed by atoms with E-state index in [1.165, 1.54) is 193 Å². The maximum atomic E-state index is 6.29. The van der Waals surface area contributed by atoms with Crippen molar-refractivity contribution in [3.05, 3.63) is 35.4 Å². The third kappa shape index (κ3) is 14.5. The molecule has 0 amide bonds. The predicted octanol–water partition coefficient (Wildman–Crippen LogP) is 14.3. The van der Waals surface area contributed by atoms with Gasteiger partial charge in [-0.2, -0.15) is 0 Å². The summed E-state index contributed by atoms with van der Waals surface area (Å²) in [6.07, 6.45) is 42.9. The van der Waals surface area contributed by atoms with Gasteiger partial charge in [-0.1, -0.05) is 115 Å². The minimum absolute atomic E-state index is 0.565. The summed E-state index contributed by atoms with van der Waals surface area (Å²) >= 11 is 0. The second-order valence-electron chi connectivity index (χ2n) is 18.1. The average molecular weight is 691 g/mol. The van der Waals surface area contributed by atoms with Gasteiger partial charge in [-0.15, -0.1) is 0 Å². The van der Waals surface area contributed by atoms with Gasteiger partial charge in [0.1, 0.15) is 0 Å². The van der Waals surface area contributed by atoms with Gasteiger partial charge in [-0.25, -0.2) is 0 Å². The summed E-state index contributed by atoms with van der Waals surface area (Å²) in [6.45, 7) is 6.60. The van der Waals surface area contributed by atoms with Crippen LogP contribution in [0.5, 0.6) is 0 Å². The predicted molar refractivity (Wildman–Crippen MR) is 215 cm³/mol. The lowest BCUT2D eigenvalue weighted by Gasteiger charge is -2.38. The average Bonchev–Trinajstić information content (AvgIpc) is 3.17. The highest BCUT2D eigenvalue weighted by atomic mass is 16.5. The van der Waals surface area contributed by atoms with E-state index in [0.29, 0.717) is 12.2 Å². The largest absolute Gasteiger partial charge is 0.378 e. The molecule has 1 aromatic carbocycles. The maximum Gasteiger partial charge on any atom is 0.0575 e. The standard InChI is InChI=1S/C48H82O2/c1-3-5-7-9-11-36-49-47-32-28-45(29-33-47)43-24-20-39(21-25-43)16-18-41-14-13-15-42(38-41)19-17-40-22-26-44(27-23-40)46-30-34-48(35-31-46)50-37-12-10-8-6-4-2/h13-15,38-40,43-48H,3-12,16-37H2,1-2H3. The fraction of sp³-hybridized carbons (Fsp3) is 0.875. The van der Waals surface area contributed by atoms with Crippen LogP contribution in [0.15, 0.2) is 24.3 Å². The zero-order valence-electron chi connectivity index (χ0n) is 33.4. The molecule has 5 rings (SSSR count). The number of hydrogen-bond acceptors (Lipinski definition) is 2. The number of ether oxygens (including phenoxy) is 2. The van der Waals surface area contributed by atoms with Crippen LogP contribution in [0.4, 0.5) is 0 Å². The number of hydrogen-bond donors (Lipinski definition) is 0. The van der Waals surface area contributed by atoms with E-state index in [0.717, 1.165) is 48.7 Å². The second-order valence-corrected chi connectivity index (χ2v) is 18.1. The summed E-state index contributed by atoms with van der Waals surface area (Å²) in [4.78, 5) is 0. The molecule has 0 bridgehead atoms. The van der Waals surface area contributed by atoms with E-state index in [9.17, 15) is 0 Å². The SMILES string of the molecule is CCCCCCCOC1CCC(C2CCC(CCc3cccc(CCC4CCC(C5CCC(OCCCCCCC)CC5)CC4)c3)CC2)CC1. The summed E-state index contributed by atoms with van der Waals surface area (Å²) in [5.41, 5.74) is 3.21. The molecule has 0 N–H and O–H groups in total. The van der Waals surface area contributed by atoms with Gasteiger partial charge in [0.2, 0.25) is 0 Å². The highest BCUT2D eigenvalue weighted by Crippen LogP contribution is 2.43. The molecule has 4 aliphatic carbocycles. The van der Waals surface area contributed by atoms with Gasteiger partial charge in [0, 0.05) is 13.2 Å². The van der Waals surface area contributed by atoms with Gasteiger partial charge in [0.05, 0.1) is 12.2 Å². The fourth-order valence-corrected chi connectivity index (χ4v) is 10.9. The lowest BCUT2D eigenvalue weighted by atomic mass is 9.70. The Kier molecular flexibility index (Phi) is 19.1. The molecule has 0 radical (unpaired) electrons. The van der Waals surface area contributed by atoms with Crippen LogP contribution in [0, 0.1) is 35.5 Å². The first kappa shape index (κ1) is 40.3. The van der Waals surface area contributed by atoms with E-state index < -0.39 is 0 Å². The van der Waals surface area contributed by atoms with Crippen molar-refractivity contribution in [3.8, 4) is 0 Å². The summed E-state index contributed by atoms with van der Waals surface area (Å²) in [5.74, 6) is 5.90. The fourth-order valence-electron chi connectivity index (χ4n) is 10.9. The van der Waals surface area contributed by atoms with E-state index >= 15 is 0 Å². The van der Waals surface area contributed by atoms with Crippen molar-refractivity contribution in [2.75, 3.05) is 13.2 Å². The zero-order chi connectivity index (χ0) is 34.6. The van der Waals surface area contributed by atoms with Crippen LogP contribution in [0.1, 0.15) is 205 Å². The molecule has 0 saturated heterocycles.